The summed E-state index contributed by atoms with van der Waals surface area (Å²) in [6.45, 7) is 5.16. The van der Waals surface area contributed by atoms with Crippen LogP contribution in [0.1, 0.15) is 13.3 Å². The Kier molecular flexibility index (Phi) is 2.61. The predicted molar refractivity (Wildman–Crippen MR) is 47.8 cm³/mol. The molecule has 9 heavy (non-hydrogen) atoms. The lowest BCUT2D eigenvalue weighted by atomic mass is 10.4. The minimum Gasteiger partial charge on any atom is -0.342 e. The van der Waals surface area contributed by atoms with E-state index in [1.165, 1.54) is 0 Å². The summed E-state index contributed by atoms with van der Waals surface area (Å²) < 4.78 is 5.42. The molecule has 0 amide bonds. The van der Waals surface area contributed by atoms with Crippen molar-refractivity contribution in [3.63, 3.8) is 0 Å². The number of hydrogen-bond donors (Lipinski definition) is 0. The van der Waals surface area contributed by atoms with E-state index in [-0.39, 0.29) is 0 Å². The SMILES string of the molecule is CC1CCOP(C)(=S)S1. The van der Waals surface area contributed by atoms with E-state index >= 15 is 0 Å². The summed E-state index contributed by atoms with van der Waals surface area (Å²) >= 11 is 7.07. The zero-order valence-electron chi connectivity index (χ0n) is 5.66. The predicted octanol–water partition coefficient (Wildman–Crippen LogP) is 2.47. The van der Waals surface area contributed by atoms with Crippen LogP contribution in [0, 0.1) is 0 Å². The zero-order chi connectivity index (χ0) is 6.91. The lowest BCUT2D eigenvalue weighted by Crippen LogP contribution is -2.07. The third kappa shape index (κ3) is 2.58. The first kappa shape index (κ1) is 8.06. The maximum absolute atomic E-state index is 5.42. The van der Waals surface area contributed by atoms with Crippen LogP contribution in [0.25, 0.3) is 0 Å². The van der Waals surface area contributed by atoms with Crippen LogP contribution in [0.4, 0.5) is 0 Å². The standard InChI is InChI=1S/C5H11OPS2/c1-5-3-4-6-7(2,8)9-5/h5H,3-4H2,1-2H3. The summed E-state index contributed by atoms with van der Waals surface area (Å²) in [4.78, 5) is 0. The summed E-state index contributed by atoms with van der Waals surface area (Å²) in [5.74, 6) is 0. The monoisotopic (exact) mass is 182 g/mol. The molecule has 4 heteroatoms. The molecule has 0 spiro atoms. The van der Waals surface area contributed by atoms with E-state index in [1.807, 2.05) is 11.4 Å². The minimum absolute atomic E-state index is 0.717. The molecule has 2 unspecified atom stereocenters. The molecule has 1 saturated heterocycles. The zero-order valence-corrected chi connectivity index (χ0v) is 8.19. The molecule has 0 saturated carbocycles. The van der Waals surface area contributed by atoms with Crippen LogP contribution in [-0.2, 0) is 16.3 Å². The van der Waals surface area contributed by atoms with Gasteiger partial charge in [-0.3, -0.25) is 0 Å². The van der Waals surface area contributed by atoms with Gasteiger partial charge in [-0.1, -0.05) is 30.1 Å². The molecule has 0 aromatic rings. The van der Waals surface area contributed by atoms with Crippen LogP contribution >= 0.6 is 16.8 Å². The lowest BCUT2D eigenvalue weighted by molar-refractivity contribution is 0.346. The quantitative estimate of drug-likeness (QED) is 0.533. The summed E-state index contributed by atoms with van der Waals surface area (Å²) in [7, 11) is 0. The van der Waals surface area contributed by atoms with E-state index < -0.39 is 5.47 Å². The first-order chi connectivity index (χ1) is 4.10. The molecule has 1 aliphatic rings. The average Bonchev–Trinajstić information content (AvgIpc) is 1.60. The normalized spacial score (nSPS) is 44.9. The Hall–Kier alpha value is 0.960. The summed E-state index contributed by atoms with van der Waals surface area (Å²) in [6, 6.07) is 0. The van der Waals surface area contributed by atoms with Gasteiger partial charge in [-0.25, -0.2) is 0 Å². The Bertz CT molecular complexity index is 148. The van der Waals surface area contributed by atoms with Crippen molar-refractivity contribution in [2.24, 2.45) is 0 Å². The van der Waals surface area contributed by atoms with Gasteiger partial charge in [0.15, 0.2) is 0 Å². The van der Waals surface area contributed by atoms with E-state index in [2.05, 4.69) is 13.6 Å². The van der Waals surface area contributed by atoms with E-state index in [1.54, 1.807) is 0 Å². The molecule has 54 valence electrons. The molecule has 0 aromatic carbocycles. The Morgan fingerprint density at radius 1 is 1.78 bits per heavy atom. The van der Waals surface area contributed by atoms with E-state index in [9.17, 15) is 0 Å². The molecule has 0 N–H and O–H groups in total. The van der Waals surface area contributed by atoms with Gasteiger partial charge in [0.25, 0.3) is 0 Å². The smallest absolute Gasteiger partial charge is 0.116 e. The highest BCUT2D eigenvalue weighted by Gasteiger charge is 2.21. The molecule has 1 nitrogen and oxygen atoms in total. The highest BCUT2D eigenvalue weighted by molar-refractivity contribution is 8.69. The summed E-state index contributed by atoms with van der Waals surface area (Å²) in [5.41, 5.74) is -1.39. The Labute approximate surface area is 65.4 Å². The molecule has 0 aliphatic carbocycles. The highest BCUT2D eigenvalue weighted by atomic mass is 32.9. The van der Waals surface area contributed by atoms with Crippen molar-refractivity contribution in [1.29, 1.82) is 0 Å². The van der Waals surface area contributed by atoms with Crippen LogP contribution in [-0.4, -0.2) is 18.5 Å². The van der Waals surface area contributed by atoms with Crippen molar-refractivity contribution in [2.45, 2.75) is 18.6 Å². The highest BCUT2D eigenvalue weighted by Crippen LogP contribution is 2.61. The largest absolute Gasteiger partial charge is 0.342 e. The lowest BCUT2D eigenvalue weighted by Gasteiger charge is -2.26. The van der Waals surface area contributed by atoms with Gasteiger partial charge in [-0.15, -0.1) is 0 Å². The summed E-state index contributed by atoms with van der Waals surface area (Å²) in [5, 5.41) is 0.717. The molecule has 0 aromatic heterocycles. The fourth-order valence-electron chi connectivity index (χ4n) is 0.794. The van der Waals surface area contributed by atoms with Gasteiger partial charge in [-0.05, 0) is 13.1 Å². The Balaban J connectivity index is 2.51. The number of rotatable bonds is 0. The third-order valence-electron chi connectivity index (χ3n) is 1.22. The average molecular weight is 182 g/mol. The van der Waals surface area contributed by atoms with Gasteiger partial charge in [0.05, 0.1) is 6.61 Å². The molecule has 2 atom stereocenters. The maximum Gasteiger partial charge on any atom is 0.116 e. The van der Waals surface area contributed by atoms with Crippen molar-refractivity contribution < 1.29 is 4.52 Å². The molecule has 0 bridgehead atoms. The van der Waals surface area contributed by atoms with Crippen molar-refractivity contribution in [2.75, 3.05) is 13.3 Å². The first-order valence-corrected chi connectivity index (χ1v) is 7.66. The fraction of sp³-hybridized carbons (Fsp3) is 1.00. The van der Waals surface area contributed by atoms with Gasteiger partial charge < -0.3 is 4.52 Å². The first-order valence-electron chi connectivity index (χ1n) is 3.00. The van der Waals surface area contributed by atoms with Gasteiger partial charge in [0, 0.05) is 5.25 Å². The molecule has 1 heterocycles. The molecule has 0 radical (unpaired) electrons. The second-order valence-electron chi connectivity index (χ2n) is 2.31. The second-order valence-corrected chi connectivity index (χ2v) is 10.6. The van der Waals surface area contributed by atoms with E-state index in [0.29, 0.717) is 0 Å². The van der Waals surface area contributed by atoms with Gasteiger partial charge >= 0.3 is 0 Å². The topological polar surface area (TPSA) is 9.23 Å². The van der Waals surface area contributed by atoms with Crippen LogP contribution in [0.15, 0.2) is 0 Å². The number of hydrogen-bond acceptors (Lipinski definition) is 3. The van der Waals surface area contributed by atoms with Crippen LogP contribution < -0.4 is 0 Å². The molecular formula is C5H11OPS2. The van der Waals surface area contributed by atoms with Gasteiger partial charge in [-0.2, -0.15) is 0 Å². The van der Waals surface area contributed by atoms with E-state index in [0.717, 1.165) is 18.3 Å². The molecule has 1 rings (SSSR count). The molecule has 1 aliphatic heterocycles. The van der Waals surface area contributed by atoms with Crippen LogP contribution in [0.3, 0.4) is 0 Å². The van der Waals surface area contributed by atoms with Gasteiger partial charge in [0.1, 0.15) is 5.47 Å². The fourth-order valence-corrected chi connectivity index (χ4v) is 6.38. The van der Waals surface area contributed by atoms with Gasteiger partial charge in [0.2, 0.25) is 0 Å². The van der Waals surface area contributed by atoms with Crippen molar-refractivity contribution in [3.05, 3.63) is 0 Å². The minimum atomic E-state index is -1.39. The third-order valence-corrected chi connectivity index (χ3v) is 6.49. The maximum atomic E-state index is 5.42. The van der Waals surface area contributed by atoms with E-state index in [4.69, 9.17) is 16.3 Å². The van der Waals surface area contributed by atoms with Crippen molar-refractivity contribution in [3.8, 4) is 0 Å². The second kappa shape index (κ2) is 2.91. The summed E-state index contributed by atoms with van der Waals surface area (Å²) in [6.07, 6.45) is 1.16. The van der Waals surface area contributed by atoms with Crippen molar-refractivity contribution >= 4 is 28.7 Å². The molecular weight excluding hydrogens is 171 g/mol. The Morgan fingerprint density at radius 3 is 2.78 bits per heavy atom. The van der Waals surface area contributed by atoms with Crippen molar-refractivity contribution in [1.82, 2.24) is 0 Å². The van der Waals surface area contributed by atoms with Crippen LogP contribution in [0.5, 0.6) is 0 Å². The Morgan fingerprint density at radius 2 is 2.44 bits per heavy atom. The molecule has 1 fully saturated rings. The van der Waals surface area contributed by atoms with Crippen LogP contribution in [0.2, 0.25) is 0 Å².